The van der Waals surface area contributed by atoms with Gasteiger partial charge in [-0.3, -0.25) is 0 Å². The highest BCUT2D eigenvalue weighted by molar-refractivity contribution is 5.87. The normalized spacial score (nSPS) is 10.9. The molecule has 20 heavy (non-hydrogen) atoms. The molecule has 0 saturated carbocycles. The van der Waals surface area contributed by atoms with Crippen LogP contribution < -0.4 is 0 Å². The summed E-state index contributed by atoms with van der Waals surface area (Å²) in [5.74, 6) is -0.330. The van der Waals surface area contributed by atoms with E-state index in [4.69, 9.17) is 4.74 Å². The third kappa shape index (κ3) is 3.35. The number of carbonyl (C=O) groups excluding carboxylic acids is 1. The topological polar surface area (TPSA) is 44.1 Å². The SMILES string of the molecule is CCOC(=O)C=Cc1cccc(-n2nc(C)cc2C)c1. The quantitative estimate of drug-likeness (QED) is 0.633. The molecule has 1 heterocycles. The monoisotopic (exact) mass is 270 g/mol. The standard InChI is InChI=1S/C16H18N2O2/c1-4-20-16(19)9-8-14-6-5-7-15(11-14)18-13(3)10-12(2)17-18/h5-11H,4H2,1-3H3. The predicted octanol–water partition coefficient (Wildman–Crippen LogP) is 3.07. The Bertz CT molecular complexity index is 642. The Morgan fingerprint density at radius 3 is 2.80 bits per heavy atom. The van der Waals surface area contributed by atoms with Crippen molar-refractivity contribution in [3.63, 3.8) is 0 Å². The number of esters is 1. The summed E-state index contributed by atoms with van der Waals surface area (Å²) in [6, 6.07) is 9.87. The Morgan fingerprint density at radius 2 is 2.15 bits per heavy atom. The number of hydrogen-bond donors (Lipinski definition) is 0. The zero-order valence-corrected chi connectivity index (χ0v) is 12.0. The molecule has 0 bridgehead atoms. The van der Waals surface area contributed by atoms with Crippen molar-refractivity contribution < 1.29 is 9.53 Å². The van der Waals surface area contributed by atoms with Crippen molar-refractivity contribution >= 4 is 12.0 Å². The van der Waals surface area contributed by atoms with E-state index in [0.717, 1.165) is 22.6 Å². The third-order valence-electron chi connectivity index (χ3n) is 2.82. The van der Waals surface area contributed by atoms with E-state index >= 15 is 0 Å². The van der Waals surface area contributed by atoms with Crippen molar-refractivity contribution in [3.05, 3.63) is 53.4 Å². The van der Waals surface area contributed by atoms with E-state index in [1.54, 1.807) is 13.0 Å². The van der Waals surface area contributed by atoms with Gasteiger partial charge in [0.1, 0.15) is 0 Å². The van der Waals surface area contributed by atoms with E-state index in [1.807, 2.05) is 48.9 Å². The number of aromatic nitrogens is 2. The minimum absolute atomic E-state index is 0.330. The third-order valence-corrected chi connectivity index (χ3v) is 2.82. The summed E-state index contributed by atoms with van der Waals surface area (Å²) in [5, 5.41) is 4.45. The molecule has 104 valence electrons. The van der Waals surface area contributed by atoms with Crippen LogP contribution in [0, 0.1) is 13.8 Å². The van der Waals surface area contributed by atoms with E-state index in [2.05, 4.69) is 5.10 Å². The number of hydrogen-bond acceptors (Lipinski definition) is 3. The fraction of sp³-hybridized carbons (Fsp3) is 0.250. The van der Waals surface area contributed by atoms with Crippen molar-refractivity contribution in [3.8, 4) is 5.69 Å². The highest BCUT2D eigenvalue weighted by Gasteiger charge is 2.03. The summed E-state index contributed by atoms with van der Waals surface area (Å²) in [6.07, 6.45) is 3.18. The summed E-state index contributed by atoms with van der Waals surface area (Å²) >= 11 is 0. The maximum atomic E-state index is 11.3. The van der Waals surface area contributed by atoms with Crippen molar-refractivity contribution in [2.45, 2.75) is 20.8 Å². The fourth-order valence-corrected chi connectivity index (χ4v) is 2.01. The molecule has 0 aliphatic rings. The zero-order valence-electron chi connectivity index (χ0n) is 12.0. The minimum Gasteiger partial charge on any atom is -0.463 e. The van der Waals surface area contributed by atoms with Crippen LogP contribution in [0.25, 0.3) is 11.8 Å². The van der Waals surface area contributed by atoms with Crippen LogP contribution in [-0.4, -0.2) is 22.4 Å². The lowest BCUT2D eigenvalue weighted by Crippen LogP contribution is -2.00. The first-order chi connectivity index (χ1) is 9.60. The summed E-state index contributed by atoms with van der Waals surface area (Å²) in [5.41, 5.74) is 3.97. The van der Waals surface area contributed by atoms with Crippen LogP contribution in [-0.2, 0) is 9.53 Å². The molecule has 0 amide bonds. The number of aryl methyl sites for hydroxylation is 2. The van der Waals surface area contributed by atoms with Gasteiger partial charge in [0.05, 0.1) is 18.0 Å². The van der Waals surface area contributed by atoms with Crippen molar-refractivity contribution in [1.29, 1.82) is 0 Å². The predicted molar refractivity (Wildman–Crippen MR) is 78.7 cm³/mol. The van der Waals surface area contributed by atoms with Gasteiger partial charge in [-0.25, -0.2) is 9.48 Å². The van der Waals surface area contributed by atoms with Crippen molar-refractivity contribution in [2.75, 3.05) is 6.61 Å². The summed E-state index contributed by atoms with van der Waals surface area (Å²) in [7, 11) is 0. The van der Waals surface area contributed by atoms with Crippen LogP contribution >= 0.6 is 0 Å². The molecule has 0 aliphatic carbocycles. The molecular formula is C16H18N2O2. The first kappa shape index (κ1) is 14.1. The zero-order chi connectivity index (χ0) is 14.5. The lowest BCUT2D eigenvalue weighted by molar-refractivity contribution is -0.137. The Labute approximate surface area is 118 Å². The molecule has 0 fully saturated rings. The van der Waals surface area contributed by atoms with Gasteiger partial charge in [0.25, 0.3) is 0 Å². The van der Waals surface area contributed by atoms with Gasteiger partial charge in [-0.15, -0.1) is 0 Å². The molecule has 2 rings (SSSR count). The highest BCUT2D eigenvalue weighted by atomic mass is 16.5. The van der Waals surface area contributed by atoms with Crippen LogP contribution in [0.4, 0.5) is 0 Å². The number of benzene rings is 1. The molecule has 0 aliphatic heterocycles. The van der Waals surface area contributed by atoms with E-state index < -0.39 is 0 Å². The lowest BCUT2D eigenvalue weighted by Gasteiger charge is -2.05. The molecule has 1 aromatic heterocycles. The van der Waals surface area contributed by atoms with Crippen LogP contribution in [0.15, 0.2) is 36.4 Å². The van der Waals surface area contributed by atoms with E-state index in [-0.39, 0.29) is 5.97 Å². The van der Waals surface area contributed by atoms with Gasteiger partial charge in [0.15, 0.2) is 0 Å². The largest absolute Gasteiger partial charge is 0.463 e. The maximum Gasteiger partial charge on any atom is 0.330 e. The Kier molecular flexibility index (Phi) is 4.35. The Hall–Kier alpha value is -2.36. The van der Waals surface area contributed by atoms with E-state index in [1.165, 1.54) is 6.08 Å². The van der Waals surface area contributed by atoms with Gasteiger partial charge in [0.2, 0.25) is 0 Å². The molecule has 1 aromatic carbocycles. The van der Waals surface area contributed by atoms with Gasteiger partial charge in [0, 0.05) is 11.8 Å². The molecule has 0 unspecified atom stereocenters. The Morgan fingerprint density at radius 1 is 1.35 bits per heavy atom. The first-order valence-corrected chi connectivity index (χ1v) is 6.58. The first-order valence-electron chi connectivity index (χ1n) is 6.58. The summed E-state index contributed by atoms with van der Waals surface area (Å²) in [4.78, 5) is 11.3. The molecule has 0 saturated heterocycles. The smallest absolute Gasteiger partial charge is 0.330 e. The van der Waals surface area contributed by atoms with Crippen molar-refractivity contribution in [2.24, 2.45) is 0 Å². The number of rotatable bonds is 4. The van der Waals surface area contributed by atoms with Crippen LogP contribution in [0.2, 0.25) is 0 Å². The van der Waals surface area contributed by atoms with Crippen LogP contribution in [0.3, 0.4) is 0 Å². The average molecular weight is 270 g/mol. The molecule has 4 nitrogen and oxygen atoms in total. The van der Waals surface area contributed by atoms with Gasteiger partial charge in [-0.1, -0.05) is 12.1 Å². The highest BCUT2D eigenvalue weighted by Crippen LogP contribution is 2.14. The van der Waals surface area contributed by atoms with Gasteiger partial charge in [-0.2, -0.15) is 5.10 Å². The number of carbonyl (C=O) groups is 1. The van der Waals surface area contributed by atoms with Gasteiger partial charge < -0.3 is 4.74 Å². The van der Waals surface area contributed by atoms with Crippen LogP contribution in [0.1, 0.15) is 23.9 Å². The lowest BCUT2D eigenvalue weighted by atomic mass is 10.2. The number of nitrogens with zero attached hydrogens (tertiary/aromatic N) is 2. The molecule has 0 radical (unpaired) electrons. The minimum atomic E-state index is -0.330. The molecular weight excluding hydrogens is 252 g/mol. The second kappa shape index (κ2) is 6.19. The number of ether oxygens (including phenoxy) is 1. The molecule has 2 aromatic rings. The van der Waals surface area contributed by atoms with Gasteiger partial charge in [-0.05, 0) is 50.6 Å². The molecule has 0 spiro atoms. The van der Waals surface area contributed by atoms with E-state index in [9.17, 15) is 4.79 Å². The van der Waals surface area contributed by atoms with E-state index in [0.29, 0.717) is 6.61 Å². The molecule has 0 atom stereocenters. The average Bonchev–Trinajstić information content (AvgIpc) is 2.76. The fourth-order valence-electron chi connectivity index (χ4n) is 2.01. The molecule has 4 heteroatoms. The maximum absolute atomic E-state index is 11.3. The Balaban J connectivity index is 2.24. The summed E-state index contributed by atoms with van der Waals surface area (Å²) in [6.45, 7) is 6.15. The van der Waals surface area contributed by atoms with Crippen LogP contribution in [0.5, 0.6) is 0 Å². The van der Waals surface area contributed by atoms with Crippen molar-refractivity contribution in [1.82, 2.24) is 9.78 Å². The van der Waals surface area contributed by atoms with Gasteiger partial charge >= 0.3 is 5.97 Å². The summed E-state index contributed by atoms with van der Waals surface area (Å²) < 4.78 is 6.74. The second-order valence-corrected chi connectivity index (χ2v) is 4.52. The molecule has 0 N–H and O–H groups in total. The second-order valence-electron chi connectivity index (χ2n) is 4.52.